The minimum absolute atomic E-state index is 0.661. The molecule has 0 spiro atoms. The zero-order valence-corrected chi connectivity index (χ0v) is 5.20. The predicted molar refractivity (Wildman–Crippen MR) is 39.3 cm³/mol. The van der Waals surface area contributed by atoms with Crippen molar-refractivity contribution in [2.75, 3.05) is 0 Å². The molecule has 0 amide bonds. The number of hydrogen-bond donors (Lipinski definition) is 1. The van der Waals surface area contributed by atoms with Crippen LogP contribution in [-0.4, -0.2) is 23.0 Å². The molecule has 10 heavy (non-hydrogen) atoms. The van der Waals surface area contributed by atoms with E-state index in [2.05, 4.69) is 15.2 Å². The smallest absolute Gasteiger partial charge is 0.154 e. The van der Waals surface area contributed by atoms with E-state index in [0.717, 1.165) is 11.0 Å². The van der Waals surface area contributed by atoms with Crippen LogP contribution in [0.25, 0.3) is 11.0 Å². The summed E-state index contributed by atoms with van der Waals surface area (Å²) >= 11 is 0. The van der Waals surface area contributed by atoms with Crippen molar-refractivity contribution in [3.8, 4) is 0 Å². The van der Waals surface area contributed by atoms with E-state index >= 15 is 0 Å². The fraction of sp³-hybridized carbons (Fsp3) is 0. The van der Waals surface area contributed by atoms with Crippen molar-refractivity contribution in [3.05, 3.63) is 18.5 Å². The Kier molecular flexibility index (Phi) is 1.00. The lowest BCUT2D eigenvalue weighted by molar-refractivity contribution is 1.10. The highest BCUT2D eigenvalue weighted by Gasteiger charge is 1.93. The molecule has 46 valence electrons. The molecule has 0 unspecified atom stereocenters. The summed E-state index contributed by atoms with van der Waals surface area (Å²) in [6.07, 6.45) is 3.29. The molecule has 0 aliphatic rings. The lowest BCUT2D eigenvalue weighted by atomic mass is 9.98. The number of nitrogens with zero attached hydrogens (tertiary/aromatic N) is 2. The normalized spacial score (nSPS) is 10.4. The number of pyridine rings is 1. The van der Waals surface area contributed by atoms with Crippen molar-refractivity contribution in [1.82, 2.24) is 15.2 Å². The van der Waals surface area contributed by atoms with Gasteiger partial charge in [0.1, 0.15) is 7.85 Å². The van der Waals surface area contributed by atoms with E-state index in [4.69, 9.17) is 7.85 Å². The van der Waals surface area contributed by atoms with Gasteiger partial charge in [-0.05, 0) is 0 Å². The van der Waals surface area contributed by atoms with E-state index in [1.807, 2.05) is 6.07 Å². The van der Waals surface area contributed by atoms with Gasteiger partial charge in [0.2, 0.25) is 0 Å². The fourth-order valence-corrected chi connectivity index (χ4v) is 0.854. The zero-order chi connectivity index (χ0) is 6.97. The summed E-state index contributed by atoms with van der Waals surface area (Å²) in [6.45, 7) is 0. The van der Waals surface area contributed by atoms with Crippen LogP contribution in [-0.2, 0) is 0 Å². The first-order chi connectivity index (χ1) is 4.86. The van der Waals surface area contributed by atoms with Gasteiger partial charge in [0.15, 0.2) is 5.65 Å². The fourth-order valence-electron chi connectivity index (χ4n) is 0.854. The van der Waals surface area contributed by atoms with Gasteiger partial charge in [0, 0.05) is 11.6 Å². The maximum atomic E-state index is 5.48. The number of fused-ring (bicyclic) bond motifs is 1. The Bertz CT molecular complexity index is 355. The van der Waals surface area contributed by atoms with Gasteiger partial charge in [-0.3, -0.25) is 5.10 Å². The van der Waals surface area contributed by atoms with E-state index in [-0.39, 0.29) is 0 Å². The highest BCUT2D eigenvalue weighted by molar-refractivity contribution is 6.32. The van der Waals surface area contributed by atoms with Crippen LogP contribution in [0, 0.1) is 0 Å². The summed E-state index contributed by atoms with van der Waals surface area (Å²) in [5.74, 6) is 0. The van der Waals surface area contributed by atoms with Crippen LogP contribution in [0.3, 0.4) is 0 Å². The molecule has 2 rings (SSSR count). The van der Waals surface area contributed by atoms with Crippen LogP contribution in [0.1, 0.15) is 0 Å². The first-order valence-corrected chi connectivity index (χ1v) is 2.91. The molecular weight excluding hydrogens is 125 g/mol. The summed E-state index contributed by atoms with van der Waals surface area (Å²) in [5, 5.41) is 7.47. The van der Waals surface area contributed by atoms with Crippen molar-refractivity contribution in [1.29, 1.82) is 0 Å². The summed E-state index contributed by atoms with van der Waals surface area (Å²) in [6, 6.07) is 1.83. The zero-order valence-electron chi connectivity index (χ0n) is 5.20. The molecule has 0 fully saturated rings. The number of rotatable bonds is 0. The summed E-state index contributed by atoms with van der Waals surface area (Å²) < 4.78 is 0. The third-order valence-corrected chi connectivity index (χ3v) is 1.31. The van der Waals surface area contributed by atoms with E-state index in [1.165, 1.54) is 0 Å². The minimum atomic E-state index is 0.661. The molecule has 3 nitrogen and oxygen atoms in total. The van der Waals surface area contributed by atoms with Crippen LogP contribution < -0.4 is 5.46 Å². The second-order valence-corrected chi connectivity index (χ2v) is 2.08. The average Bonchev–Trinajstić information content (AvgIpc) is 2.33. The van der Waals surface area contributed by atoms with Gasteiger partial charge >= 0.3 is 0 Å². The highest BCUT2D eigenvalue weighted by Crippen LogP contribution is 2.01. The Morgan fingerprint density at radius 3 is 3.20 bits per heavy atom. The molecule has 0 aliphatic heterocycles. The van der Waals surface area contributed by atoms with E-state index in [0.29, 0.717) is 5.46 Å². The van der Waals surface area contributed by atoms with Crippen LogP contribution in [0.5, 0.6) is 0 Å². The van der Waals surface area contributed by atoms with Crippen molar-refractivity contribution in [3.63, 3.8) is 0 Å². The Hall–Kier alpha value is -1.32. The van der Waals surface area contributed by atoms with Gasteiger partial charge in [-0.1, -0.05) is 11.5 Å². The topological polar surface area (TPSA) is 41.6 Å². The third kappa shape index (κ3) is 0.691. The van der Waals surface area contributed by atoms with Crippen molar-refractivity contribution in [2.45, 2.75) is 0 Å². The first kappa shape index (κ1) is 5.47. The highest BCUT2D eigenvalue weighted by atomic mass is 15.1. The van der Waals surface area contributed by atoms with Crippen molar-refractivity contribution < 1.29 is 0 Å². The molecule has 0 saturated heterocycles. The van der Waals surface area contributed by atoms with Crippen LogP contribution >= 0.6 is 0 Å². The second kappa shape index (κ2) is 1.83. The van der Waals surface area contributed by atoms with Crippen molar-refractivity contribution in [2.24, 2.45) is 0 Å². The standard InChI is InChI=1S/C6H4BN3/c7-5-1-4-2-9-10-6(4)8-3-5/h1-3H,(H,8,9,10). The molecule has 2 heterocycles. The summed E-state index contributed by atoms with van der Waals surface area (Å²) in [7, 11) is 5.48. The third-order valence-electron chi connectivity index (χ3n) is 1.31. The molecule has 2 aromatic heterocycles. The molecule has 0 saturated carbocycles. The molecule has 0 aromatic carbocycles. The number of H-pyrrole nitrogens is 1. The molecule has 0 atom stereocenters. The summed E-state index contributed by atoms with van der Waals surface area (Å²) in [5.41, 5.74) is 1.43. The van der Waals surface area contributed by atoms with Gasteiger partial charge in [-0.25, -0.2) is 4.98 Å². The van der Waals surface area contributed by atoms with E-state index < -0.39 is 0 Å². The van der Waals surface area contributed by atoms with Crippen LogP contribution in [0.15, 0.2) is 18.5 Å². The quantitative estimate of drug-likeness (QED) is 0.498. The molecule has 2 aromatic rings. The first-order valence-electron chi connectivity index (χ1n) is 2.91. The van der Waals surface area contributed by atoms with E-state index in [1.54, 1.807) is 12.4 Å². The van der Waals surface area contributed by atoms with Gasteiger partial charge < -0.3 is 0 Å². The molecule has 1 N–H and O–H groups in total. The Balaban J connectivity index is 2.86. The number of aromatic amines is 1. The average molecular weight is 129 g/mol. The number of hydrogen-bond acceptors (Lipinski definition) is 2. The second-order valence-electron chi connectivity index (χ2n) is 2.08. The molecule has 4 heteroatoms. The lowest BCUT2D eigenvalue weighted by Gasteiger charge is -1.88. The Morgan fingerprint density at radius 1 is 1.40 bits per heavy atom. The summed E-state index contributed by atoms with van der Waals surface area (Å²) in [4.78, 5) is 4.00. The van der Waals surface area contributed by atoms with Gasteiger partial charge in [0.05, 0.1) is 6.20 Å². The predicted octanol–water partition coefficient (Wildman–Crippen LogP) is -0.248. The SMILES string of the molecule is [B]c1cnc2[nH]ncc2c1. The van der Waals surface area contributed by atoms with Crippen molar-refractivity contribution >= 4 is 24.3 Å². The van der Waals surface area contributed by atoms with Gasteiger partial charge in [-0.2, -0.15) is 5.10 Å². The van der Waals surface area contributed by atoms with Crippen LogP contribution in [0.4, 0.5) is 0 Å². The number of nitrogens with one attached hydrogen (secondary N) is 1. The molecule has 2 radical (unpaired) electrons. The molecule has 0 bridgehead atoms. The molecular formula is C6H4BN3. The largest absolute Gasteiger partial charge is 0.261 e. The Morgan fingerprint density at radius 2 is 2.30 bits per heavy atom. The monoisotopic (exact) mass is 129 g/mol. The minimum Gasteiger partial charge on any atom is -0.261 e. The molecule has 0 aliphatic carbocycles. The maximum absolute atomic E-state index is 5.48. The van der Waals surface area contributed by atoms with Gasteiger partial charge in [-0.15, -0.1) is 0 Å². The van der Waals surface area contributed by atoms with E-state index in [9.17, 15) is 0 Å². The number of aromatic nitrogens is 3. The Labute approximate surface area is 58.9 Å². The lowest BCUT2D eigenvalue weighted by Crippen LogP contribution is -2.01. The van der Waals surface area contributed by atoms with Crippen LogP contribution in [0.2, 0.25) is 0 Å². The maximum Gasteiger partial charge on any atom is 0.154 e. The van der Waals surface area contributed by atoms with Gasteiger partial charge in [0.25, 0.3) is 0 Å².